The summed E-state index contributed by atoms with van der Waals surface area (Å²) >= 11 is 5.03. The molecule has 0 bridgehead atoms. The minimum Gasteiger partial charge on any atom is -0.388 e. The molecule has 0 aliphatic rings. The van der Waals surface area contributed by atoms with Gasteiger partial charge in [-0.3, -0.25) is 5.10 Å². The van der Waals surface area contributed by atoms with Gasteiger partial charge in [-0.25, -0.2) is 0 Å². The van der Waals surface area contributed by atoms with Gasteiger partial charge in [0.25, 0.3) is 0 Å². The van der Waals surface area contributed by atoms with E-state index in [-0.39, 0.29) is 6.61 Å². The number of aryl methyl sites for hydroxylation is 2. The maximum atomic E-state index is 9.03. The van der Waals surface area contributed by atoms with Crippen molar-refractivity contribution in [3.05, 3.63) is 22.3 Å². The second kappa shape index (κ2) is 4.54. The number of nitrogens with zero attached hydrogens (tertiary/aromatic N) is 4. The molecule has 2 aromatic rings. The summed E-state index contributed by atoms with van der Waals surface area (Å²) in [5, 5.41) is 19.2. The van der Waals surface area contributed by atoms with Crippen LogP contribution >= 0.6 is 12.2 Å². The van der Waals surface area contributed by atoms with Crippen LogP contribution in [0.3, 0.4) is 0 Å². The van der Waals surface area contributed by atoms with Crippen molar-refractivity contribution in [2.45, 2.75) is 26.5 Å². The predicted molar refractivity (Wildman–Crippen MR) is 56.1 cm³/mol. The zero-order valence-electron chi connectivity index (χ0n) is 8.67. The first-order valence-corrected chi connectivity index (χ1v) is 5.15. The molecule has 0 aromatic carbocycles. The fourth-order valence-electron chi connectivity index (χ4n) is 1.35. The summed E-state index contributed by atoms with van der Waals surface area (Å²) < 4.78 is 7.15. The zero-order valence-corrected chi connectivity index (χ0v) is 9.49. The van der Waals surface area contributed by atoms with Gasteiger partial charge in [0.15, 0.2) is 16.4 Å². The molecule has 0 saturated heterocycles. The molecule has 0 unspecified atom stereocenters. The smallest absolute Gasteiger partial charge is 0.228 e. The highest BCUT2D eigenvalue weighted by Gasteiger charge is 2.07. The van der Waals surface area contributed by atoms with Crippen molar-refractivity contribution >= 4 is 12.2 Å². The molecule has 2 N–H and O–H groups in total. The van der Waals surface area contributed by atoms with Gasteiger partial charge in [0.2, 0.25) is 5.89 Å². The van der Waals surface area contributed by atoms with Gasteiger partial charge in [-0.1, -0.05) is 5.16 Å². The van der Waals surface area contributed by atoms with Crippen LogP contribution in [0.25, 0.3) is 0 Å². The third-order valence-corrected chi connectivity index (χ3v) is 2.41. The Labute approximate surface area is 96.1 Å². The van der Waals surface area contributed by atoms with Gasteiger partial charge in [0.05, 0.1) is 0 Å². The van der Waals surface area contributed by atoms with Crippen LogP contribution in [0, 0.1) is 11.7 Å². The normalized spacial score (nSPS) is 10.9. The average Bonchev–Trinajstić information content (AvgIpc) is 2.82. The van der Waals surface area contributed by atoms with Gasteiger partial charge in [0.1, 0.15) is 6.61 Å². The Bertz CT molecular complexity index is 529. The minimum atomic E-state index is -0.157. The highest BCUT2D eigenvalue weighted by atomic mass is 32.1. The SMILES string of the molecule is Cc1noc(CCn2c(CO)n[nH]c2=S)n1. The van der Waals surface area contributed by atoms with Crippen LogP contribution in [0.1, 0.15) is 17.5 Å². The van der Waals surface area contributed by atoms with Crippen molar-refractivity contribution in [3.63, 3.8) is 0 Å². The van der Waals surface area contributed by atoms with Gasteiger partial charge in [-0.15, -0.1) is 0 Å². The molecule has 86 valence electrons. The van der Waals surface area contributed by atoms with E-state index in [0.717, 1.165) is 0 Å². The summed E-state index contributed by atoms with van der Waals surface area (Å²) in [6, 6.07) is 0. The molecule has 0 aliphatic carbocycles. The lowest BCUT2D eigenvalue weighted by Crippen LogP contribution is -2.06. The Kier molecular flexibility index (Phi) is 3.11. The van der Waals surface area contributed by atoms with E-state index in [1.165, 1.54) is 0 Å². The number of hydrogen-bond acceptors (Lipinski definition) is 6. The van der Waals surface area contributed by atoms with Crippen molar-refractivity contribution < 1.29 is 9.63 Å². The number of H-pyrrole nitrogens is 1. The van der Waals surface area contributed by atoms with Crippen LogP contribution in [0.15, 0.2) is 4.52 Å². The number of aromatic amines is 1. The third kappa shape index (κ3) is 2.17. The number of rotatable bonds is 4. The van der Waals surface area contributed by atoms with Crippen molar-refractivity contribution in [1.29, 1.82) is 0 Å². The number of nitrogens with one attached hydrogen (secondary N) is 1. The summed E-state index contributed by atoms with van der Waals surface area (Å²) in [7, 11) is 0. The van der Waals surface area contributed by atoms with Gasteiger partial charge >= 0.3 is 0 Å². The monoisotopic (exact) mass is 241 g/mol. The minimum absolute atomic E-state index is 0.157. The maximum absolute atomic E-state index is 9.03. The van der Waals surface area contributed by atoms with Crippen molar-refractivity contribution in [2.24, 2.45) is 0 Å². The molecule has 0 amide bonds. The van der Waals surface area contributed by atoms with Crippen molar-refractivity contribution in [3.8, 4) is 0 Å². The lowest BCUT2D eigenvalue weighted by atomic mass is 10.4. The Hall–Kier alpha value is -1.54. The standard InChI is InChI=1S/C8H11N5O2S/c1-5-9-7(15-12-5)2-3-13-6(4-14)10-11-8(13)16/h14H,2-4H2,1H3,(H,11,16). The Balaban J connectivity index is 2.09. The van der Waals surface area contributed by atoms with E-state index in [2.05, 4.69) is 20.3 Å². The predicted octanol–water partition coefficient (Wildman–Crippen LogP) is 0.367. The first-order chi connectivity index (χ1) is 7.70. The number of aromatic nitrogens is 5. The lowest BCUT2D eigenvalue weighted by Gasteiger charge is -2.01. The topological polar surface area (TPSA) is 92.8 Å². The second-order valence-corrected chi connectivity index (χ2v) is 3.63. The lowest BCUT2D eigenvalue weighted by molar-refractivity contribution is 0.263. The van der Waals surface area contributed by atoms with Crippen LogP contribution < -0.4 is 0 Å². The number of hydrogen-bond donors (Lipinski definition) is 2. The number of aliphatic hydroxyl groups excluding tert-OH is 1. The number of aliphatic hydroxyl groups is 1. The van der Waals surface area contributed by atoms with E-state index in [9.17, 15) is 0 Å². The largest absolute Gasteiger partial charge is 0.388 e. The molecule has 0 saturated carbocycles. The molecule has 8 heteroatoms. The molecule has 0 atom stereocenters. The Morgan fingerprint density at radius 3 is 3.00 bits per heavy atom. The van der Waals surface area contributed by atoms with E-state index >= 15 is 0 Å². The Morgan fingerprint density at radius 2 is 2.38 bits per heavy atom. The van der Waals surface area contributed by atoms with Crippen LogP contribution in [-0.2, 0) is 19.6 Å². The molecule has 2 heterocycles. The summed E-state index contributed by atoms with van der Waals surface area (Å²) in [4.78, 5) is 4.08. The van der Waals surface area contributed by atoms with E-state index in [1.54, 1.807) is 11.5 Å². The Morgan fingerprint density at radius 1 is 1.56 bits per heavy atom. The van der Waals surface area contributed by atoms with Crippen LogP contribution in [-0.4, -0.2) is 30.0 Å². The van der Waals surface area contributed by atoms with E-state index in [4.69, 9.17) is 21.8 Å². The van der Waals surface area contributed by atoms with Crippen molar-refractivity contribution in [2.75, 3.05) is 0 Å². The van der Waals surface area contributed by atoms with Crippen molar-refractivity contribution in [1.82, 2.24) is 24.9 Å². The highest BCUT2D eigenvalue weighted by molar-refractivity contribution is 7.71. The summed E-state index contributed by atoms with van der Waals surface area (Å²) in [6.45, 7) is 2.15. The molecule has 0 fully saturated rings. The van der Waals surface area contributed by atoms with E-state index < -0.39 is 0 Å². The molecule has 0 aliphatic heterocycles. The molecule has 16 heavy (non-hydrogen) atoms. The molecule has 0 radical (unpaired) electrons. The quantitative estimate of drug-likeness (QED) is 0.751. The van der Waals surface area contributed by atoms with Gasteiger partial charge in [-0.2, -0.15) is 10.1 Å². The molecular formula is C8H11N5O2S. The van der Waals surface area contributed by atoms with Gasteiger partial charge < -0.3 is 14.2 Å². The average molecular weight is 241 g/mol. The first kappa shape index (κ1) is 11.0. The van der Waals surface area contributed by atoms with Crippen LogP contribution in [0.4, 0.5) is 0 Å². The zero-order chi connectivity index (χ0) is 11.5. The summed E-state index contributed by atoms with van der Waals surface area (Å²) in [6.07, 6.45) is 0.557. The molecule has 7 nitrogen and oxygen atoms in total. The van der Waals surface area contributed by atoms with E-state index in [1.807, 2.05) is 0 Å². The highest BCUT2D eigenvalue weighted by Crippen LogP contribution is 2.03. The molecule has 0 spiro atoms. The van der Waals surface area contributed by atoms with E-state index in [0.29, 0.717) is 35.3 Å². The summed E-state index contributed by atoms with van der Waals surface area (Å²) in [5.74, 6) is 1.65. The molecular weight excluding hydrogens is 230 g/mol. The third-order valence-electron chi connectivity index (χ3n) is 2.10. The summed E-state index contributed by atoms with van der Waals surface area (Å²) in [5.41, 5.74) is 0. The van der Waals surface area contributed by atoms with Crippen LogP contribution in [0.2, 0.25) is 0 Å². The fourth-order valence-corrected chi connectivity index (χ4v) is 1.59. The second-order valence-electron chi connectivity index (χ2n) is 3.24. The maximum Gasteiger partial charge on any atom is 0.228 e. The van der Waals surface area contributed by atoms with Gasteiger partial charge in [-0.05, 0) is 19.1 Å². The fraction of sp³-hybridized carbons (Fsp3) is 0.500. The van der Waals surface area contributed by atoms with Crippen LogP contribution in [0.5, 0.6) is 0 Å². The first-order valence-electron chi connectivity index (χ1n) is 4.75. The van der Waals surface area contributed by atoms with Gasteiger partial charge in [0, 0.05) is 13.0 Å². The molecule has 2 aromatic heterocycles. The molecule has 2 rings (SSSR count).